The van der Waals surface area contributed by atoms with E-state index in [9.17, 15) is 4.79 Å². The van der Waals surface area contributed by atoms with Gasteiger partial charge in [0.05, 0.1) is 18.8 Å². The number of amides is 2. The maximum Gasteiger partial charge on any atom is 0.321 e. The van der Waals surface area contributed by atoms with Crippen LogP contribution in [0, 0.1) is 0 Å². The zero-order valence-electron chi connectivity index (χ0n) is 12.8. The summed E-state index contributed by atoms with van der Waals surface area (Å²) in [5.41, 5.74) is 0.573. The molecule has 0 aliphatic carbocycles. The van der Waals surface area contributed by atoms with Gasteiger partial charge in [0.15, 0.2) is 0 Å². The van der Waals surface area contributed by atoms with Gasteiger partial charge >= 0.3 is 6.03 Å². The number of ether oxygens (including phenoxy) is 1. The van der Waals surface area contributed by atoms with Crippen LogP contribution in [0.3, 0.4) is 0 Å². The number of nitrogens with one attached hydrogen (secondary N) is 1. The molecule has 0 saturated carbocycles. The first-order valence-corrected chi connectivity index (χ1v) is 7.79. The number of aromatic nitrogens is 3. The second-order valence-electron chi connectivity index (χ2n) is 5.37. The number of carbonyl (C=O) groups excluding carboxylic acids is 1. The Kier molecular flexibility index (Phi) is 4.66. The molecule has 1 saturated heterocycles. The van der Waals surface area contributed by atoms with Gasteiger partial charge in [-0.25, -0.2) is 14.5 Å². The van der Waals surface area contributed by atoms with E-state index in [0.29, 0.717) is 35.6 Å². The fraction of sp³-hybridized carbons (Fsp3) is 0.400. The van der Waals surface area contributed by atoms with Crippen molar-refractivity contribution in [3.8, 4) is 5.75 Å². The number of hydrogen-bond donors (Lipinski definition) is 1. The number of piperidine rings is 1. The lowest BCUT2D eigenvalue weighted by molar-refractivity contribution is 0.180. The molecule has 0 unspecified atom stereocenters. The highest BCUT2D eigenvalue weighted by Gasteiger charge is 2.24. The molecular formula is C15H18ClN5O2. The van der Waals surface area contributed by atoms with Crippen molar-refractivity contribution in [1.29, 1.82) is 0 Å². The predicted molar refractivity (Wildman–Crippen MR) is 86.9 cm³/mol. The molecule has 1 aliphatic heterocycles. The second kappa shape index (κ2) is 6.87. The summed E-state index contributed by atoms with van der Waals surface area (Å²) in [4.78, 5) is 18.2. The van der Waals surface area contributed by atoms with Crippen LogP contribution in [0.15, 0.2) is 30.9 Å². The lowest BCUT2D eigenvalue weighted by atomic mass is 10.1. The number of urea groups is 1. The van der Waals surface area contributed by atoms with Crippen molar-refractivity contribution in [3.05, 3.63) is 35.9 Å². The van der Waals surface area contributed by atoms with Crippen LogP contribution in [0.4, 0.5) is 10.5 Å². The van der Waals surface area contributed by atoms with Crippen molar-refractivity contribution in [2.24, 2.45) is 0 Å². The first kappa shape index (κ1) is 15.6. The van der Waals surface area contributed by atoms with Gasteiger partial charge in [0.25, 0.3) is 0 Å². The van der Waals surface area contributed by atoms with Crippen LogP contribution in [0.5, 0.6) is 5.75 Å². The van der Waals surface area contributed by atoms with E-state index in [1.54, 1.807) is 36.5 Å². The summed E-state index contributed by atoms with van der Waals surface area (Å²) in [6.45, 7) is 1.33. The van der Waals surface area contributed by atoms with Crippen molar-refractivity contribution in [3.63, 3.8) is 0 Å². The predicted octanol–water partition coefficient (Wildman–Crippen LogP) is 2.81. The van der Waals surface area contributed by atoms with Gasteiger partial charge < -0.3 is 15.0 Å². The second-order valence-corrected chi connectivity index (χ2v) is 5.80. The highest BCUT2D eigenvalue weighted by atomic mass is 35.5. The highest BCUT2D eigenvalue weighted by Crippen LogP contribution is 2.28. The molecule has 1 aromatic heterocycles. The average Bonchev–Trinajstić information content (AvgIpc) is 3.10. The highest BCUT2D eigenvalue weighted by molar-refractivity contribution is 6.31. The molecule has 122 valence electrons. The zero-order valence-corrected chi connectivity index (χ0v) is 13.5. The molecular weight excluding hydrogens is 318 g/mol. The van der Waals surface area contributed by atoms with Crippen LogP contribution in [-0.2, 0) is 0 Å². The number of hydrogen-bond acceptors (Lipinski definition) is 4. The Balaban J connectivity index is 1.61. The first-order valence-electron chi connectivity index (χ1n) is 7.41. The van der Waals surface area contributed by atoms with E-state index in [2.05, 4.69) is 15.4 Å². The molecule has 2 heterocycles. The Labute approximate surface area is 139 Å². The molecule has 1 fully saturated rings. The summed E-state index contributed by atoms with van der Waals surface area (Å²) >= 11 is 5.98. The minimum absolute atomic E-state index is 0.150. The third-order valence-corrected chi connectivity index (χ3v) is 4.20. The molecule has 0 radical (unpaired) electrons. The molecule has 0 spiro atoms. The Bertz CT molecular complexity index is 669. The van der Waals surface area contributed by atoms with Crippen LogP contribution in [-0.4, -0.2) is 45.9 Å². The monoisotopic (exact) mass is 335 g/mol. The van der Waals surface area contributed by atoms with Crippen molar-refractivity contribution in [1.82, 2.24) is 19.7 Å². The molecule has 1 aromatic carbocycles. The minimum atomic E-state index is -0.150. The molecule has 1 aliphatic rings. The van der Waals surface area contributed by atoms with Gasteiger partial charge in [-0.3, -0.25) is 0 Å². The molecule has 1 N–H and O–H groups in total. The summed E-state index contributed by atoms with van der Waals surface area (Å²) in [5.74, 6) is 0.584. The van der Waals surface area contributed by atoms with Crippen LogP contribution in [0.1, 0.15) is 18.9 Å². The topological polar surface area (TPSA) is 72.3 Å². The largest absolute Gasteiger partial charge is 0.495 e. The maximum atomic E-state index is 12.4. The number of methoxy groups -OCH3 is 1. The van der Waals surface area contributed by atoms with Crippen LogP contribution < -0.4 is 10.1 Å². The number of rotatable bonds is 3. The summed E-state index contributed by atoms with van der Waals surface area (Å²) in [6.07, 6.45) is 4.95. The molecule has 2 amide bonds. The van der Waals surface area contributed by atoms with E-state index in [1.165, 1.54) is 6.33 Å². The van der Waals surface area contributed by atoms with Crippen molar-refractivity contribution in [2.45, 2.75) is 18.9 Å². The fourth-order valence-electron chi connectivity index (χ4n) is 2.71. The van der Waals surface area contributed by atoms with Gasteiger partial charge in [-0.15, -0.1) is 0 Å². The Morgan fingerprint density at radius 2 is 2.17 bits per heavy atom. The summed E-state index contributed by atoms with van der Waals surface area (Å²) < 4.78 is 7.10. The van der Waals surface area contributed by atoms with Crippen molar-refractivity contribution >= 4 is 23.3 Å². The lowest BCUT2D eigenvalue weighted by Gasteiger charge is -2.32. The van der Waals surface area contributed by atoms with E-state index >= 15 is 0 Å². The SMILES string of the molecule is COc1ccc(Cl)cc1NC(=O)N1CCC(n2cncn2)CC1. The van der Waals surface area contributed by atoms with Gasteiger partial charge in [0.2, 0.25) is 0 Å². The Morgan fingerprint density at radius 1 is 1.39 bits per heavy atom. The molecule has 23 heavy (non-hydrogen) atoms. The summed E-state index contributed by atoms with van der Waals surface area (Å²) in [6, 6.07) is 5.28. The van der Waals surface area contributed by atoms with Gasteiger partial charge in [-0.2, -0.15) is 5.10 Å². The standard InChI is InChI=1S/C15H18ClN5O2/c1-23-14-3-2-11(16)8-13(14)19-15(22)20-6-4-12(5-7-20)21-10-17-9-18-21/h2-3,8-10,12H,4-7H2,1H3,(H,19,22). The summed E-state index contributed by atoms with van der Waals surface area (Å²) in [7, 11) is 1.56. The zero-order chi connectivity index (χ0) is 16.2. The van der Waals surface area contributed by atoms with E-state index in [-0.39, 0.29) is 6.03 Å². The molecule has 0 atom stereocenters. The Hall–Kier alpha value is -2.28. The molecule has 8 heteroatoms. The summed E-state index contributed by atoms with van der Waals surface area (Å²) in [5, 5.41) is 7.58. The normalized spacial score (nSPS) is 15.5. The number of anilines is 1. The van der Waals surface area contributed by atoms with E-state index < -0.39 is 0 Å². The molecule has 7 nitrogen and oxygen atoms in total. The van der Waals surface area contributed by atoms with Crippen LogP contribution in [0.25, 0.3) is 0 Å². The van der Waals surface area contributed by atoms with Gasteiger partial charge in [0, 0.05) is 18.1 Å². The number of carbonyl (C=O) groups is 1. The first-order chi connectivity index (χ1) is 11.2. The van der Waals surface area contributed by atoms with Gasteiger partial charge in [-0.05, 0) is 31.0 Å². The number of halogens is 1. The molecule has 2 aromatic rings. The van der Waals surface area contributed by atoms with E-state index in [4.69, 9.17) is 16.3 Å². The fourth-order valence-corrected chi connectivity index (χ4v) is 2.88. The van der Waals surface area contributed by atoms with E-state index in [0.717, 1.165) is 12.8 Å². The maximum absolute atomic E-state index is 12.4. The lowest BCUT2D eigenvalue weighted by Crippen LogP contribution is -2.41. The smallest absolute Gasteiger partial charge is 0.321 e. The average molecular weight is 336 g/mol. The number of likely N-dealkylation sites (tertiary alicyclic amines) is 1. The van der Waals surface area contributed by atoms with Crippen molar-refractivity contribution < 1.29 is 9.53 Å². The van der Waals surface area contributed by atoms with Crippen LogP contribution in [0.2, 0.25) is 5.02 Å². The number of benzene rings is 1. The van der Waals surface area contributed by atoms with Crippen molar-refractivity contribution in [2.75, 3.05) is 25.5 Å². The third-order valence-electron chi connectivity index (χ3n) is 3.97. The molecule has 0 bridgehead atoms. The van der Waals surface area contributed by atoms with E-state index in [1.807, 2.05) is 4.68 Å². The number of nitrogens with zero attached hydrogens (tertiary/aromatic N) is 4. The minimum Gasteiger partial charge on any atom is -0.495 e. The Morgan fingerprint density at radius 3 is 2.83 bits per heavy atom. The van der Waals surface area contributed by atoms with Gasteiger partial charge in [0.1, 0.15) is 18.4 Å². The van der Waals surface area contributed by atoms with Crippen LogP contribution >= 0.6 is 11.6 Å². The quantitative estimate of drug-likeness (QED) is 0.936. The third kappa shape index (κ3) is 3.56. The molecule has 3 rings (SSSR count). The van der Waals surface area contributed by atoms with Gasteiger partial charge in [-0.1, -0.05) is 11.6 Å².